The van der Waals surface area contributed by atoms with Gasteiger partial charge in [0.05, 0.1) is 6.61 Å². The summed E-state index contributed by atoms with van der Waals surface area (Å²) in [5, 5.41) is 0. The summed E-state index contributed by atoms with van der Waals surface area (Å²) in [7, 11) is 0. The average molecular weight is 378 g/mol. The zero-order chi connectivity index (χ0) is 14.2. The van der Waals surface area contributed by atoms with E-state index in [4.69, 9.17) is 4.74 Å². The molecule has 0 aromatic heterocycles. The van der Waals surface area contributed by atoms with E-state index in [0.29, 0.717) is 3.92 Å². The highest BCUT2D eigenvalue weighted by molar-refractivity contribution is 14.1. The predicted molar refractivity (Wildman–Crippen MR) is 94.6 cm³/mol. The van der Waals surface area contributed by atoms with Crippen molar-refractivity contribution in [2.24, 2.45) is 0 Å². The van der Waals surface area contributed by atoms with Crippen LogP contribution in [0.4, 0.5) is 0 Å². The van der Waals surface area contributed by atoms with Gasteiger partial charge in [0.25, 0.3) is 0 Å². The molecular weight excluding hydrogens is 359 g/mol. The summed E-state index contributed by atoms with van der Waals surface area (Å²) in [6, 6.07) is 18.7. The summed E-state index contributed by atoms with van der Waals surface area (Å²) in [5.74, 6) is 0.940. The van der Waals surface area contributed by atoms with Crippen LogP contribution in [0.25, 0.3) is 11.1 Å². The van der Waals surface area contributed by atoms with Crippen LogP contribution in [0, 0.1) is 0 Å². The van der Waals surface area contributed by atoms with Crippen LogP contribution in [-0.4, -0.2) is 10.5 Å². The number of halogens is 1. The summed E-state index contributed by atoms with van der Waals surface area (Å²) < 4.78 is 6.38. The van der Waals surface area contributed by atoms with Crippen LogP contribution in [0.2, 0.25) is 0 Å². The number of hydrogen-bond donors (Lipinski definition) is 0. The molecule has 1 atom stereocenters. The molecule has 2 aromatic carbocycles. The number of allylic oxidation sites excluding steroid dienone is 2. The number of hydrogen-bond acceptors (Lipinski definition) is 1. The first kappa shape index (κ1) is 15.1. The molecule has 2 heteroatoms. The van der Waals surface area contributed by atoms with Crippen LogP contribution >= 0.6 is 22.6 Å². The van der Waals surface area contributed by atoms with E-state index in [0.717, 1.165) is 18.8 Å². The van der Waals surface area contributed by atoms with Gasteiger partial charge in [-0.15, -0.1) is 0 Å². The Kier molecular flexibility index (Phi) is 6.12. The molecule has 2 rings (SSSR count). The highest BCUT2D eigenvalue weighted by Crippen LogP contribution is 2.23. The summed E-state index contributed by atoms with van der Waals surface area (Å²) in [5.41, 5.74) is 2.42. The Morgan fingerprint density at radius 3 is 2.55 bits per heavy atom. The summed E-state index contributed by atoms with van der Waals surface area (Å²) >= 11 is 2.43. The Bertz CT molecular complexity index is 548. The fourth-order valence-electron chi connectivity index (χ4n) is 1.99. The Morgan fingerprint density at radius 2 is 1.80 bits per heavy atom. The molecule has 0 fully saturated rings. The maximum Gasteiger partial charge on any atom is 0.119 e. The van der Waals surface area contributed by atoms with E-state index in [1.807, 2.05) is 18.2 Å². The predicted octanol–water partition coefficient (Wildman–Crippen LogP) is 5.50. The summed E-state index contributed by atoms with van der Waals surface area (Å²) in [6.45, 7) is 2.80. The molecule has 1 unspecified atom stereocenters. The van der Waals surface area contributed by atoms with Gasteiger partial charge in [0, 0.05) is 3.92 Å². The molecule has 0 bridgehead atoms. The van der Waals surface area contributed by atoms with Crippen molar-refractivity contribution in [2.75, 3.05) is 6.61 Å². The highest BCUT2D eigenvalue weighted by Gasteiger charge is 2.02. The van der Waals surface area contributed by atoms with Crippen LogP contribution < -0.4 is 4.74 Å². The molecule has 0 aliphatic carbocycles. The van der Waals surface area contributed by atoms with Crippen molar-refractivity contribution in [2.45, 2.75) is 17.3 Å². The molecule has 0 aliphatic heterocycles. The standard InChI is InChI=1S/C18H19IO/c1-2-7-17(19)12-13-20-18-11-6-10-16(14-18)15-8-4-3-5-9-15/h2-11,14,17H,12-13H2,1H3/b7-2+. The molecular formula is C18H19IO. The fraction of sp³-hybridized carbons (Fsp3) is 0.222. The van der Waals surface area contributed by atoms with Gasteiger partial charge in [-0.3, -0.25) is 0 Å². The number of rotatable bonds is 6. The maximum absolute atomic E-state index is 5.85. The van der Waals surface area contributed by atoms with Crippen molar-refractivity contribution < 1.29 is 4.74 Å². The second-order valence-electron chi connectivity index (χ2n) is 4.57. The minimum Gasteiger partial charge on any atom is -0.494 e. The van der Waals surface area contributed by atoms with Crippen LogP contribution in [0.5, 0.6) is 5.75 Å². The number of alkyl halides is 1. The zero-order valence-electron chi connectivity index (χ0n) is 11.6. The van der Waals surface area contributed by atoms with Gasteiger partial charge in [-0.25, -0.2) is 0 Å². The number of ether oxygens (including phenoxy) is 1. The van der Waals surface area contributed by atoms with Crippen molar-refractivity contribution >= 4 is 22.6 Å². The van der Waals surface area contributed by atoms with Gasteiger partial charge in [-0.2, -0.15) is 0 Å². The van der Waals surface area contributed by atoms with Gasteiger partial charge in [-0.05, 0) is 36.6 Å². The van der Waals surface area contributed by atoms with E-state index in [9.17, 15) is 0 Å². The Morgan fingerprint density at radius 1 is 1.05 bits per heavy atom. The molecule has 0 amide bonds. The number of benzene rings is 2. The Labute approximate surface area is 134 Å². The first-order valence-corrected chi connectivity index (χ1v) is 8.09. The molecule has 0 aliphatic rings. The topological polar surface area (TPSA) is 9.23 Å². The SMILES string of the molecule is C/C=C/C(I)CCOc1cccc(-c2ccccc2)c1. The monoisotopic (exact) mass is 378 g/mol. The maximum atomic E-state index is 5.85. The summed E-state index contributed by atoms with van der Waals surface area (Å²) in [4.78, 5) is 0. The largest absolute Gasteiger partial charge is 0.494 e. The molecule has 2 aromatic rings. The van der Waals surface area contributed by atoms with Crippen molar-refractivity contribution in [3.63, 3.8) is 0 Å². The fourth-order valence-corrected chi connectivity index (χ4v) is 2.66. The molecule has 0 heterocycles. The third kappa shape index (κ3) is 4.67. The lowest BCUT2D eigenvalue weighted by molar-refractivity contribution is 0.315. The zero-order valence-corrected chi connectivity index (χ0v) is 13.8. The normalized spacial score (nSPS) is 12.5. The summed E-state index contributed by atoms with van der Waals surface area (Å²) in [6.07, 6.45) is 5.32. The van der Waals surface area contributed by atoms with Crippen LogP contribution in [0.1, 0.15) is 13.3 Å². The van der Waals surface area contributed by atoms with Crippen molar-refractivity contribution in [3.8, 4) is 16.9 Å². The van der Waals surface area contributed by atoms with Gasteiger partial charge in [-0.1, -0.05) is 77.2 Å². The second kappa shape index (κ2) is 8.10. The van der Waals surface area contributed by atoms with Gasteiger partial charge in [0.2, 0.25) is 0 Å². The molecule has 0 saturated carbocycles. The van der Waals surface area contributed by atoms with E-state index < -0.39 is 0 Å². The van der Waals surface area contributed by atoms with Crippen molar-refractivity contribution in [3.05, 3.63) is 66.7 Å². The molecule has 0 saturated heterocycles. The first-order valence-electron chi connectivity index (χ1n) is 6.85. The van der Waals surface area contributed by atoms with Crippen LogP contribution in [0.15, 0.2) is 66.7 Å². The molecule has 0 radical (unpaired) electrons. The van der Waals surface area contributed by atoms with Gasteiger partial charge < -0.3 is 4.74 Å². The Balaban J connectivity index is 1.97. The van der Waals surface area contributed by atoms with E-state index in [1.165, 1.54) is 11.1 Å². The Hall–Kier alpha value is -1.29. The molecule has 0 spiro atoms. The average Bonchev–Trinajstić information content (AvgIpc) is 2.49. The highest BCUT2D eigenvalue weighted by atomic mass is 127. The van der Waals surface area contributed by atoms with E-state index in [2.05, 4.69) is 78.1 Å². The third-order valence-electron chi connectivity index (χ3n) is 3.00. The molecule has 104 valence electrons. The lowest BCUT2D eigenvalue weighted by Gasteiger charge is -2.09. The van der Waals surface area contributed by atoms with Crippen molar-refractivity contribution in [1.29, 1.82) is 0 Å². The minimum atomic E-state index is 0.537. The van der Waals surface area contributed by atoms with Crippen LogP contribution in [0.3, 0.4) is 0 Å². The van der Waals surface area contributed by atoms with Gasteiger partial charge >= 0.3 is 0 Å². The van der Waals surface area contributed by atoms with Gasteiger partial charge in [0.1, 0.15) is 5.75 Å². The lowest BCUT2D eigenvalue weighted by Crippen LogP contribution is -2.03. The second-order valence-corrected chi connectivity index (χ2v) is 6.17. The van der Waals surface area contributed by atoms with E-state index >= 15 is 0 Å². The van der Waals surface area contributed by atoms with E-state index in [-0.39, 0.29) is 0 Å². The third-order valence-corrected chi connectivity index (χ3v) is 4.04. The molecule has 0 N–H and O–H groups in total. The molecule has 1 nitrogen and oxygen atoms in total. The molecule has 20 heavy (non-hydrogen) atoms. The minimum absolute atomic E-state index is 0.537. The quantitative estimate of drug-likeness (QED) is 0.366. The van der Waals surface area contributed by atoms with Crippen molar-refractivity contribution in [1.82, 2.24) is 0 Å². The lowest BCUT2D eigenvalue weighted by atomic mass is 10.1. The van der Waals surface area contributed by atoms with E-state index in [1.54, 1.807) is 0 Å². The van der Waals surface area contributed by atoms with Gasteiger partial charge in [0.15, 0.2) is 0 Å². The first-order chi connectivity index (χ1) is 9.79. The smallest absolute Gasteiger partial charge is 0.119 e. The van der Waals surface area contributed by atoms with Crippen LogP contribution in [-0.2, 0) is 0 Å².